The smallest absolute Gasteiger partial charge is 0.148 e. The molecule has 0 saturated carbocycles. The van der Waals surface area contributed by atoms with Crippen molar-refractivity contribution >= 4 is 5.82 Å². The maximum Gasteiger partial charge on any atom is 0.148 e. The standard InChI is InChI=1S/C11H14N4.C2H6/c1-8(2)13-11-7-10(14-15-11)9-5-3-4-6-12-9;1-2/h3-8H,1-2H3,(H2,13,14,15);1-2H3. The molecular weight excluding hydrogens is 212 g/mol. The Morgan fingerprint density at radius 3 is 2.59 bits per heavy atom. The first-order valence-corrected chi connectivity index (χ1v) is 5.99. The summed E-state index contributed by atoms with van der Waals surface area (Å²) in [6.07, 6.45) is 1.77. The van der Waals surface area contributed by atoms with Crippen LogP contribution in [0.15, 0.2) is 30.5 Å². The fraction of sp³-hybridized carbons (Fsp3) is 0.385. The number of H-pyrrole nitrogens is 1. The second kappa shape index (κ2) is 6.68. The normalized spacial score (nSPS) is 9.71. The van der Waals surface area contributed by atoms with Crippen LogP contribution in [-0.4, -0.2) is 21.2 Å². The molecule has 2 rings (SSSR count). The SMILES string of the molecule is CC.CC(C)Nc1cc(-c2ccccn2)[nH]n1. The molecule has 0 aliphatic rings. The summed E-state index contributed by atoms with van der Waals surface area (Å²) in [5.41, 5.74) is 1.83. The van der Waals surface area contributed by atoms with Crippen LogP contribution in [0.2, 0.25) is 0 Å². The molecular formula is C13H20N4. The molecule has 2 aromatic rings. The summed E-state index contributed by atoms with van der Waals surface area (Å²) >= 11 is 0. The zero-order valence-corrected chi connectivity index (χ0v) is 10.9. The Morgan fingerprint density at radius 2 is 2.00 bits per heavy atom. The molecule has 0 saturated heterocycles. The van der Waals surface area contributed by atoms with Gasteiger partial charge in [-0.25, -0.2) is 0 Å². The molecule has 0 spiro atoms. The summed E-state index contributed by atoms with van der Waals surface area (Å²) in [7, 11) is 0. The van der Waals surface area contributed by atoms with Crippen molar-refractivity contribution in [2.75, 3.05) is 5.32 Å². The molecule has 2 N–H and O–H groups in total. The average Bonchev–Trinajstić information content (AvgIpc) is 2.80. The van der Waals surface area contributed by atoms with Crippen LogP contribution in [0.5, 0.6) is 0 Å². The van der Waals surface area contributed by atoms with Crippen molar-refractivity contribution in [1.29, 1.82) is 0 Å². The van der Waals surface area contributed by atoms with Gasteiger partial charge in [0, 0.05) is 18.3 Å². The van der Waals surface area contributed by atoms with E-state index in [0.29, 0.717) is 6.04 Å². The van der Waals surface area contributed by atoms with Crippen LogP contribution in [0.1, 0.15) is 27.7 Å². The van der Waals surface area contributed by atoms with Crippen LogP contribution >= 0.6 is 0 Å². The van der Waals surface area contributed by atoms with Gasteiger partial charge < -0.3 is 5.32 Å². The number of hydrogen-bond donors (Lipinski definition) is 2. The van der Waals surface area contributed by atoms with E-state index in [1.54, 1.807) is 6.20 Å². The lowest BCUT2D eigenvalue weighted by molar-refractivity contribution is 0.884. The van der Waals surface area contributed by atoms with Crippen molar-refractivity contribution in [3.8, 4) is 11.4 Å². The van der Waals surface area contributed by atoms with Crippen molar-refractivity contribution < 1.29 is 0 Å². The molecule has 17 heavy (non-hydrogen) atoms. The maximum absolute atomic E-state index is 4.24. The Morgan fingerprint density at radius 1 is 1.24 bits per heavy atom. The first kappa shape index (κ1) is 13.2. The predicted molar refractivity (Wildman–Crippen MR) is 71.9 cm³/mol. The van der Waals surface area contributed by atoms with Crippen molar-refractivity contribution in [1.82, 2.24) is 15.2 Å². The third-order valence-electron chi connectivity index (χ3n) is 1.96. The number of nitrogens with zero attached hydrogens (tertiary/aromatic N) is 2. The zero-order valence-electron chi connectivity index (χ0n) is 10.9. The van der Waals surface area contributed by atoms with Gasteiger partial charge in [-0.1, -0.05) is 19.9 Å². The summed E-state index contributed by atoms with van der Waals surface area (Å²) in [5.74, 6) is 0.852. The maximum atomic E-state index is 4.24. The van der Waals surface area contributed by atoms with E-state index in [-0.39, 0.29) is 0 Å². The second-order valence-corrected chi connectivity index (χ2v) is 3.68. The van der Waals surface area contributed by atoms with Gasteiger partial charge in [-0.15, -0.1) is 0 Å². The Balaban J connectivity index is 0.000000686. The summed E-state index contributed by atoms with van der Waals surface area (Å²) in [4.78, 5) is 4.24. The summed E-state index contributed by atoms with van der Waals surface area (Å²) < 4.78 is 0. The topological polar surface area (TPSA) is 53.6 Å². The Kier molecular flexibility index (Phi) is 5.20. The van der Waals surface area contributed by atoms with Gasteiger partial charge in [0.25, 0.3) is 0 Å². The average molecular weight is 232 g/mol. The minimum absolute atomic E-state index is 0.380. The fourth-order valence-corrected chi connectivity index (χ4v) is 1.34. The Labute approximate surface area is 102 Å². The molecule has 0 unspecified atom stereocenters. The highest BCUT2D eigenvalue weighted by molar-refractivity contribution is 5.58. The van der Waals surface area contributed by atoms with Crippen molar-refractivity contribution in [2.24, 2.45) is 0 Å². The lowest BCUT2D eigenvalue weighted by atomic mass is 10.3. The number of hydrogen-bond acceptors (Lipinski definition) is 3. The largest absolute Gasteiger partial charge is 0.366 e. The first-order chi connectivity index (χ1) is 8.25. The Bertz CT molecular complexity index is 420. The van der Waals surface area contributed by atoms with Gasteiger partial charge in [0.1, 0.15) is 5.82 Å². The summed E-state index contributed by atoms with van der Waals surface area (Å²) in [6, 6.07) is 8.14. The molecule has 0 aromatic carbocycles. The van der Waals surface area contributed by atoms with Crippen molar-refractivity contribution in [3.63, 3.8) is 0 Å². The van der Waals surface area contributed by atoms with Crippen LogP contribution < -0.4 is 5.32 Å². The van der Waals surface area contributed by atoms with E-state index >= 15 is 0 Å². The molecule has 0 radical (unpaired) electrons. The molecule has 0 fully saturated rings. The highest BCUT2D eigenvalue weighted by Crippen LogP contribution is 2.16. The molecule has 4 nitrogen and oxygen atoms in total. The quantitative estimate of drug-likeness (QED) is 0.853. The lowest BCUT2D eigenvalue weighted by Crippen LogP contribution is -2.09. The van der Waals surface area contributed by atoms with Gasteiger partial charge in [-0.3, -0.25) is 10.1 Å². The molecule has 92 valence electrons. The third kappa shape index (κ3) is 3.90. The Hall–Kier alpha value is -1.84. The first-order valence-electron chi connectivity index (χ1n) is 5.99. The minimum atomic E-state index is 0.380. The predicted octanol–water partition coefficient (Wildman–Crippen LogP) is 3.32. The summed E-state index contributed by atoms with van der Waals surface area (Å²) in [6.45, 7) is 8.16. The molecule has 0 atom stereocenters. The van der Waals surface area contributed by atoms with Gasteiger partial charge in [0.15, 0.2) is 0 Å². The minimum Gasteiger partial charge on any atom is -0.366 e. The van der Waals surface area contributed by atoms with E-state index in [1.165, 1.54) is 0 Å². The number of pyridine rings is 1. The van der Waals surface area contributed by atoms with Crippen molar-refractivity contribution in [2.45, 2.75) is 33.7 Å². The molecule has 0 aliphatic carbocycles. The number of rotatable bonds is 3. The van der Waals surface area contributed by atoms with E-state index in [9.17, 15) is 0 Å². The fourth-order valence-electron chi connectivity index (χ4n) is 1.34. The molecule has 2 aromatic heterocycles. The van der Waals surface area contributed by atoms with E-state index in [1.807, 2.05) is 38.1 Å². The second-order valence-electron chi connectivity index (χ2n) is 3.68. The van der Waals surface area contributed by atoms with Gasteiger partial charge in [-0.05, 0) is 26.0 Å². The van der Waals surface area contributed by atoms with Gasteiger partial charge in [-0.2, -0.15) is 5.10 Å². The molecule has 0 amide bonds. The van der Waals surface area contributed by atoms with Gasteiger partial charge in [0.05, 0.1) is 11.4 Å². The van der Waals surface area contributed by atoms with E-state index in [0.717, 1.165) is 17.2 Å². The number of aromatic amines is 1. The van der Waals surface area contributed by atoms with Crippen LogP contribution in [0, 0.1) is 0 Å². The van der Waals surface area contributed by atoms with Crippen LogP contribution in [0.4, 0.5) is 5.82 Å². The number of aromatic nitrogens is 3. The van der Waals surface area contributed by atoms with Crippen LogP contribution in [0.25, 0.3) is 11.4 Å². The van der Waals surface area contributed by atoms with Gasteiger partial charge >= 0.3 is 0 Å². The summed E-state index contributed by atoms with van der Waals surface area (Å²) in [5, 5.41) is 10.3. The highest BCUT2D eigenvalue weighted by Gasteiger charge is 2.04. The van der Waals surface area contributed by atoms with E-state index < -0.39 is 0 Å². The number of anilines is 1. The monoisotopic (exact) mass is 232 g/mol. The molecule has 2 heterocycles. The lowest BCUT2D eigenvalue weighted by Gasteiger charge is -2.04. The van der Waals surface area contributed by atoms with E-state index in [2.05, 4.69) is 34.3 Å². The number of nitrogens with one attached hydrogen (secondary N) is 2. The zero-order chi connectivity index (χ0) is 12.7. The van der Waals surface area contributed by atoms with Crippen LogP contribution in [-0.2, 0) is 0 Å². The highest BCUT2D eigenvalue weighted by atomic mass is 15.2. The van der Waals surface area contributed by atoms with Gasteiger partial charge in [0.2, 0.25) is 0 Å². The third-order valence-corrected chi connectivity index (χ3v) is 1.96. The molecule has 0 aliphatic heterocycles. The van der Waals surface area contributed by atoms with E-state index in [4.69, 9.17) is 0 Å². The molecule has 4 heteroatoms. The molecule has 0 bridgehead atoms. The van der Waals surface area contributed by atoms with Crippen molar-refractivity contribution in [3.05, 3.63) is 30.5 Å². The van der Waals surface area contributed by atoms with Crippen LogP contribution in [0.3, 0.4) is 0 Å².